The lowest BCUT2D eigenvalue weighted by molar-refractivity contribution is -0.385. The van der Waals surface area contributed by atoms with Crippen LogP contribution in [0.25, 0.3) is 0 Å². The summed E-state index contributed by atoms with van der Waals surface area (Å²) >= 11 is 5.99. The molecule has 0 saturated carbocycles. The highest BCUT2D eigenvalue weighted by atomic mass is 35.5. The average molecular weight is 312 g/mol. The second-order valence-electron chi connectivity index (χ2n) is 5.69. The predicted octanol–water partition coefficient (Wildman–Crippen LogP) is 3.20. The highest BCUT2D eigenvalue weighted by Gasteiger charge is 2.28. The van der Waals surface area contributed by atoms with E-state index in [9.17, 15) is 10.1 Å². The molecule has 116 valence electrons. The number of piperidine rings is 1. The molecule has 2 atom stereocenters. The summed E-state index contributed by atoms with van der Waals surface area (Å²) in [5.41, 5.74) is 6.69. The molecule has 0 aliphatic carbocycles. The van der Waals surface area contributed by atoms with Crippen LogP contribution in [0.3, 0.4) is 0 Å². The van der Waals surface area contributed by atoms with Crippen LogP contribution >= 0.6 is 11.6 Å². The van der Waals surface area contributed by atoms with Crippen molar-refractivity contribution in [2.45, 2.75) is 38.8 Å². The summed E-state index contributed by atoms with van der Waals surface area (Å²) in [6, 6.07) is 5.03. The molecule has 2 N–H and O–H groups in total. The van der Waals surface area contributed by atoms with Gasteiger partial charge >= 0.3 is 0 Å². The zero-order valence-corrected chi connectivity index (χ0v) is 13.1. The Balaban J connectivity index is 2.17. The maximum atomic E-state index is 11.1. The maximum Gasteiger partial charge on any atom is 0.273 e. The normalized spacial score (nSPS) is 23.2. The third kappa shape index (κ3) is 3.93. The summed E-state index contributed by atoms with van der Waals surface area (Å²) in [6.07, 6.45) is 3.37. The molecule has 1 aromatic carbocycles. The molecule has 6 heteroatoms. The zero-order valence-electron chi connectivity index (χ0n) is 12.3. The van der Waals surface area contributed by atoms with Crippen molar-refractivity contribution < 1.29 is 4.92 Å². The van der Waals surface area contributed by atoms with Crippen molar-refractivity contribution in [3.63, 3.8) is 0 Å². The standard InChI is InChI=1S/C15H22ClN3O2/c1-2-11-5-6-18(14(7-11)9-17)10-12-8-13(16)3-4-15(12)19(20)21/h3-4,8,11,14H,2,5-7,9-10,17H2,1H3. The maximum absolute atomic E-state index is 11.1. The van der Waals surface area contributed by atoms with Gasteiger partial charge in [-0.3, -0.25) is 15.0 Å². The van der Waals surface area contributed by atoms with Crippen LogP contribution in [0.4, 0.5) is 5.69 Å². The largest absolute Gasteiger partial charge is 0.329 e. The first kappa shape index (κ1) is 16.2. The van der Waals surface area contributed by atoms with Crippen molar-refractivity contribution in [1.82, 2.24) is 4.90 Å². The fourth-order valence-electron chi connectivity index (χ4n) is 3.08. The Labute approximate surface area is 130 Å². The minimum Gasteiger partial charge on any atom is -0.329 e. The summed E-state index contributed by atoms with van der Waals surface area (Å²) in [6.45, 7) is 4.26. The number of nitro benzene ring substituents is 1. The van der Waals surface area contributed by atoms with Gasteiger partial charge in [0.05, 0.1) is 4.92 Å². The first-order valence-electron chi connectivity index (χ1n) is 7.42. The van der Waals surface area contributed by atoms with E-state index in [0.717, 1.165) is 19.4 Å². The Bertz CT molecular complexity index is 510. The minimum absolute atomic E-state index is 0.132. The molecule has 1 heterocycles. The van der Waals surface area contributed by atoms with Crippen LogP contribution in [-0.2, 0) is 6.54 Å². The fraction of sp³-hybridized carbons (Fsp3) is 0.600. The Kier molecular flexibility index (Phi) is 5.56. The molecule has 2 unspecified atom stereocenters. The first-order valence-corrected chi connectivity index (χ1v) is 7.79. The van der Waals surface area contributed by atoms with Gasteiger partial charge in [0, 0.05) is 35.8 Å². The van der Waals surface area contributed by atoms with Gasteiger partial charge in [-0.05, 0) is 37.4 Å². The third-order valence-corrected chi connectivity index (χ3v) is 4.64. The van der Waals surface area contributed by atoms with Crippen molar-refractivity contribution >= 4 is 17.3 Å². The Morgan fingerprint density at radius 3 is 2.90 bits per heavy atom. The molecule has 1 aliphatic rings. The van der Waals surface area contributed by atoms with E-state index in [-0.39, 0.29) is 10.6 Å². The van der Waals surface area contributed by atoms with Crippen LogP contribution in [0.5, 0.6) is 0 Å². The zero-order chi connectivity index (χ0) is 15.4. The van der Waals surface area contributed by atoms with Crippen LogP contribution in [0.15, 0.2) is 18.2 Å². The van der Waals surface area contributed by atoms with Gasteiger partial charge in [0.1, 0.15) is 0 Å². The molecular formula is C15H22ClN3O2. The van der Waals surface area contributed by atoms with Crippen LogP contribution in [0, 0.1) is 16.0 Å². The van der Waals surface area contributed by atoms with Crippen molar-refractivity contribution in [3.05, 3.63) is 38.9 Å². The number of nitrogens with two attached hydrogens (primary N) is 1. The van der Waals surface area contributed by atoms with Gasteiger partial charge in [-0.15, -0.1) is 0 Å². The van der Waals surface area contributed by atoms with E-state index in [0.29, 0.717) is 35.6 Å². The van der Waals surface area contributed by atoms with Gasteiger partial charge in [-0.1, -0.05) is 24.9 Å². The third-order valence-electron chi connectivity index (χ3n) is 4.41. The summed E-state index contributed by atoms with van der Waals surface area (Å²) < 4.78 is 0. The molecule has 0 amide bonds. The molecule has 0 bridgehead atoms. The van der Waals surface area contributed by atoms with E-state index in [1.54, 1.807) is 12.1 Å². The SMILES string of the molecule is CCC1CCN(Cc2cc(Cl)ccc2[N+](=O)[O-])C(CN)C1. The molecular weight excluding hydrogens is 290 g/mol. The van der Waals surface area contributed by atoms with Gasteiger partial charge in [0.25, 0.3) is 5.69 Å². The molecule has 1 aliphatic heterocycles. The first-order chi connectivity index (χ1) is 10.0. The van der Waals surface area contributed by atoms with Crippen molar-refractivity contribution in [2.75, 3.05) is 13.1 Å². The average Bonchev–Trinajstić information content (AvgIpc) is 2.47. The van der Waals surface area contributed by atoms with E-state index in [4.69, 9.17) is 17.3 Å². The summed E-state index contributed by atoms with van der Waals surface area (Å²) in [4.78, 5) is 13.1. The molecule has 0 radical (unpaired) electrons. The van der Waals surface area contributed by atoms with Crippen molar-refractivity contribution in [1.29, 1.82) is 0 Å². The molecule has 1 fully saturated rings. The Hall–Kier alpha value is -1.17. The fourth-order valence-corrected chi connectivity index (χ4v) is 3.28. The quantitative estimate of drug-likeness (QED) is 0.669. The molecule has 1 aromatic rings. The lowest BCUT2D eigenvalue weighted by atomic mass is 9.88. The molecule has 21 heavy (non-hydrogen) atoms. The lowest BCUT2D eigenvalue weighted by Gasteiger charge is -2.38. The van der Waals surface area contributed by atoms with E-state index in [2.05, 4.69) is 11.8 Å². The van der Waals surface area contributed by atoms with Crippen molar-refractivity contribution in [2.24, 2.45) is 11.7 Å². The van der Waals surface area contributed by atoms with Gasteiger partial charge in [0.15, 0.2) is 0 Å². The summed E-state index contributed by atoms with van der Waals surface area (Å²) in [5.74, 6) is 0.712. The van der Waals surface area contributed by atoms with Gasteiger partial charge in [0.2, 0.25) is 0 Å². The second-order valence-corrected chi connectivity index (χ2v) is 6.13. The molecule has 0 aromatic heterocycles. The number of benzene rings is 1. The van der Waals surface area contributed by atoms with Gasteiger partial charge in [-0.2, -0.15) is 0 Å². The number of nitro groups is 1. The smallest absolute Gasteiger partial charge is 0.273 e. The van der Waals surface area contributed by atoms with E-state index in [1.165, 1.54) is 12.5 Å². The van der Waals surface area contributed by atoms with E-state index < -0.39 is 0 Å². The topological polar surface area (TPSA) is 72.4 Å². The van der Waals surface area contributed by atoms with E-state index in [1.807, 2.05) is 0 Å². The number of rotatable bonds is 5. The summed E-state index contributed by atoms with van der Waals surface area (Å²) in [5, 5.41) is 11.7. The van der Waals surface area contributed by atoms with Crippen molar-refractivity contribution in [3.8, 4) is 0 Å². The molecule has 5 nitrogen and oxygen atoms in total. The van der Waals surface area contributed by atoms with Crippen LogP contribution in [0.2, 0.25) is 5.02 Å². The molecule has 1 saturated heterocycles. The van der Waals surface area contributed by atoms with Crippen LogP contribution < -0.4 is 5.73 Å². The van der Waals surface area contributed by atoms with E-state index >= 15 is 0 Å². The van der Waals surface area contributed by atoms with Crippen LogP contribution in [-0.4, -0.2) is 29.0 Å². The molecule has 2 rings (SSSR count). The second kappa shape index (κ2) is 7.20. The number of likely N-dealkylation sites (tertiary alicyclic amines) is 1. The van der Waals surface area contributed by atoms with Gasteiger partial charge < -0.3 is 5.73 Å². The van der Waals surface area contributed by atoms with Gasteiger partial charge in [-0.25, -0.2) is 0 Å². The minimum atomic E-state index is -0.345. The number of hydrogen-bond acceptors (Lipinski definition) is 4. The number of nitrogens with zero attached hydrogens (tertiary/aromatic N) is 2. The van der Waals surface area contributed by atoms with Crippen LogP contribution in [0.1, 0.15) is 31.7 Å². The molecule has 0 spiro atoms. The highest BCUT2D eigenvalue weighted by Crippen LogP contribution is 2.29. The Morgan fingerprint density at radius 1 is 1.52 bits per heavy atom. The number of halogens is 1. The lowest BCUT2D eigenvalue weighted by Crippen LogP contribution is -2.46. The Morgan fingerprint density at radius 2 is 2.29 bits per heavy atom. The predicted molar refractivity (Wildman–Crippen MR) is 84.4 cm³/mol. The number of hydrogen-bond donors (Lipinski definition) is 1. The highest BCUT2D eigenvalue weighted by molar-refractivity contribution is 6.30. The monoisotopic (exact) mass is 311 g/mol. The summed E-state index contributed by atoms with van der Waals surface area (Å²) in [7, 11) is 0.